The zero-order valence-corrected chi connectivity index (χ0v) is 11.1. The van der Waals surface area contributed by atoms with Crippen LogP contribution in [0.1, 0.15) is 23.2 Å². The fourth-order valence-electron chi connectivity index (χ4n) is 2.00. The van der Waals surface area contributed by atoms with Gasteiger partial charge in [0.2, 0.25) is 0 Å². The summed E-state index contributed by atoms with van der Waals surface area (Å²) in [6.45, 7) is 1.58. The van der Waals surface area contributed by atoms with Crippen molar-refractivity contribution in [2.75, 3.05) is 17.6 Å². The maximum atomic E-state index is 11.1. The number of nitrogens with zero attached hydrogens (tertiary/aromatic N) is 2. The summed E-state index contributed by atoms with van der Waals surface area (Å²) in [5.74, 6) is -0.974. The van der Waals surface area contributed by atoms with Crippen molar-refractivity contribution in [3.8, 4) is 0 Å². The molecule has 0 fully saturated rings. The molecule has 2 aromatic rings. The summed E-state index contributed by atoms with van der Waals surface area (Å²) < 4.78 is 2.01. The van der Waals surface area contributed by atoms with Crippen LogP contribution in [0.5, 0.6) is 0 Å². The Morgan fingerprint density at radius 1 is 1.40 bits per heavy atom. The van der Waals surface area contributed by atoms with E-state index in [2.05, 4.69) is 10.3 Å². The molecule has 0 aliphatic heterocycles. The number of nitrogens with two attached hydrogens (primary N) is 1. The third-order valence-corrected chi connectivity index (χ3v) is 3.03. The van der Waals surface area contributed by atoms with Crippen molar-refractivity contribution in [3.63, 3.8) is 0 Å². The van der Waals surface area contributed by atoms with Gasteiger partial charge in [-0.05, 0) is 25.0 Å². The standard InChI is InChI=1S/C14H18N4O2/c15-12-5-3-4-11(14(19)20)13(12)17-6-1-2-8-18-9-7-16-10-18/h3-5,7,9-10,17H,1-2,6,8,15H2,(H,19,20). The fourth-order valence-corrected chi connectivity index (χ4v) is 2.00. The Morgan fingerprint density at radius 3 is 2.95 bits per heavy atom. The summed E-state index contributed by atoms with van der Waals surface area (Å²) in [7, 11) is 0. The quantitative estimate of drug-likeness (QED) is 0.531. The molecule has 6 nitrogen and oxygen atoms in total. The number of unbranched alkanes of at least 4 members (excludes halogenated alkanes) is 1. The van der Waals surface area contributed by atoms with Gasteiger partial charge in [0.05, 0.1) is 23.3 Å². The van der Waals surface area contributed by atoms with Crippen LogP contribution in [0.3, 0.4) is 0 Å². The molecule has 0 aliphatic carbocycles. The molecule has 0 bridgehead atoms. The lowest BCUT2D eigenvalue weighted by atomic mass is 10.1. The molecule has 0 aliphatic rings. The SMILES string of the molecule is Nc1cccc(C(=O)O)c1NCCCCn1ccnc1. The Labute approximate surface area is 117 Å². The van der Waals surface area contributed by atoms with Gasteiger partial charge in [0.25, 0.3) is 0 Å². The maximum absolute atomic E-state index is 11.1. The second-order valence-electron chi connectivity index (χ2n) is 4.51. The molecule has 20 heavy (non-hydrogen) atoms. The number of rotatable bonds is 7. The van der Waals surface area contributed by atoms with Gasteiger partial charge in [-0.2, -0.15) is 0 Å². The number of aryl methyl sites for hydroxylation is 1. The van der Waals surface area contributed by atoms with Crippen LogP contribution in [0.2, 0.25) is 0 Å². The average Bonchev–Trinajstić information content (AvgIpc) is 2.92. The number of aromatic carboxylic acids is 1. The Balaban J connectivity index is 1.83. The molecule has 0 atom stereocenters. The molecule has 1 heterocycles. The van der Waals surface area contributed by atoms with E-state index in [1.807, 2.05) is 10.8 Å². The van der Waals surface area contributed by atoms with Gasteiger partial charge in [-0.1, -0.05) is 6.07 Å². The number of carbonyl (C=O) groups is 1. The molecule has 0 radical (unpaired) electrons. The zero-order valence-electron chi connectivity index (χ0n) is 11.1. The first-order chi connectivity index (χ1) is 9.68. The van der Waals surface area contributed by atoms with E-state index in [1.165, 1.54) is 0 Å². The lowest BCUT2D eigenvalue weighted by molar-refractivity contribution is 0.0698. The van der Waals surface area contributed by atoms with Crippen molar-refractivity contribution in [2.24, 2.45) is 0 Å². The lowest BCUT2D eigenvalue weighted by Crippen LogP contribution is -2.10. The minimum Gasteiger partial charge on any atom is -0.478 e. The number of imidazole rings is 1. The number of hydrogen-bond acceptors (Lipinski definition) is 4. The second-order valence-corrected chi connectivity index (χ2v) is 4.51. The van der Waals surface area contributed by atoms with E-state index in [4.69, 9.17) is 10.8 Å². The van der Waals surface area contributed by atoms with Gasteiger partial charge in [0.15, 0.2) is 0 Å². The van der Waals surface area contributed by atoms with Crippen molar-refractivity contribution in [2.45, 2.75) is 19.4 Å². The van der Waals surface area contributed by atoms with Gasteiger partial charge in [0.1, 0.15) is 0 Å². The van der Waals surface area contributed by atoms with E-state index in [9.17, 15) is 4.79 Å². The van der Waals surface area contributed by atoms with Crippen LogP contribution >= 0.6 is 0 Å². The highest BCUT2D eigenvalue weighted by molar-refractivity contribution is 5.97. The fraction of sp³-hybridized carbons (Fsp3) is 0.286. The molecule has 1 aromatic carbocycles. The van der Waals surface area contributed by atoms with Crippen LogP contribution in [0.4, 0.5) is 11.4 Å². The summed E-state index contributed by atoms with van der Waals surface area (Å²) >= 11 is 0. The highest BCUT2D eigenvalue weighted by Gasteiger charge is 2.11. The number of aromatic nitrogens is 2. The molecule has 6 heteroatoms. The molecule has 2 rings (SSSR count). The number of nitrogen functional groups attached to an aromatic ring is 1. The summed E-state index contributed by atoms with van der Waals surface area (Å²) in [5.41, 5.74) is 6.98. The van der Waals surface area contributed by atoms with Crippen molar-refractivity contribution >= 4 is 17.3 Å². The molecular weight excluding hydrogens is 256 g/mol. The monoisotopic (exact) mass is 274 g/mol. The van der Waals surface area contributed by atoms with E-state index in [1.54, 1.807) is 30.7 Å². The van der Waals surface area contributed by atoms with E-state index < -0.39 is 5.97 Å². The topological polar surface area (TPSA) is 93.2 Å². The van der Waals surface area contributed by atoms with E-state index in [0.29, 0.717) is 17.9 Å². The molecule has 106 valence electrons. The Hall–Kier alpha value is -2.50. The Morgan fingerprint density at radius 2 is 2.25 bits per heavy atom. The van der Waals surface area contributed by atoms with Gasteiger partial charge < -0.3 is 20.7 Å². The first-order valence-corrected chi connectivity index (χ1v) is 6.50. The number of anilines is 2. The van der Waals surface area contributed by atoms with Gasteiger partial charge in [-0.25, -0.2) is 9.78 Å². The number of benzene rings is 1. The van der Waals surface area contributed by atoms with Gasteiger partial charge >= 0.3 is 5.97 Å². The smallest absolute Gasteiger partial charge is 0.337 e. The first kappa shape index (κ1) is 13.9. The van der Waals surface area contributed by atoms with E-state index >= 15 is 0 Å². The van der Waals surface area contributed by atoms with Gasteiger partial charge in [-0.3, -0.25) is 0 Å². The highest BCUT2D eigenvalue weighted by atomic mass is 16.4. The number of para-hydroxylation sites is 1. The summed E-state index contributed by atoms with van der Waals surface area (Å²) in [6.07, 6.45) is 7.36. The predicted molar refractivity (Wildman–Crippen MR) is 77.8 cm³/mol. The minimum absolute atomic E-state index is 0.208. The van der Waals surface area contributed by atoms with Crippen molar-refractivity contribution in [1.29, 1.82) is 0 Å². The van der Waals surface area contributed by atoms with Gasteiger partial charge in [-0.15, -0.1) is 0 Å². The highest BCUT2D eigenvalue weighted by Crippen LogP contribution is 2.23. The Bertz CT molecular complexity index is 567. The average molecular weight is 274 g/mol. The van der Waals surface area contributed by atoms with Crippen LogP contribution in [0.25, 0.3) is 0 Å². The van der Waals surface area contributed by atoms with E-state index in [-0.39, 0.29) is 5.56 Å². The molecule has 0 amide bonds. The van der Waals surface area contributed by atoms with Crippen molar-refractivity contribution < 1.29 is 9.90 Å². The van der Waals surface area contributed by atoms with Crippen LogP contribution in [-0.4, -0.2) is 27.2 Å². The van der Waals surface area contributed by atoms with Crippen LogP contribution < -0.4 is 11.1 Å². The summed E-state index contributed by atoms with van der Waals surface area (Å²) in [5, 5.41) is 12.2. The molecule has 4 N–H and O–H groups in total. The lowest BCUT2D eigenvalue weighted by Gasteiger charge is -2.12. The largest absolute Gasteiger partial charge is 0.478 e. The van der Waals surface area contributed by atoms with Crippen molar-refractivity contribution in [1.82, 2.24) is 9.55 Å². The maximum Gasteiger partial charge on any atom is 0.337 e. The van der Waals surface area contributed by atoms with E-state index in [0.717, 1.165) is 19.4 Å². The molecule has 0 unspecified atom stereocenters. The molecule has 0 saturated carbocycles. The minimum atomic E-state index is -0.974. The number of carboxylic acid groups (broad SMARTS) is 1. The molecule has 0 spiro atoms. The third kappa shape index (κ3) is 3.50. The molecule has 1 aromatic heterocycles. The number of nitrogens with one attached hydrogen (secondary N) is 1. The third-order valence-electron chi connectivity index (χ3n) is 3.03. The predicted octanol–water partition coefficient (Wildman–Crippen LogP) is 2.06. The van der Waals surface area contributed by atoms with Crippen LogP contribution in [0, 0.1) is 0 Å². The van der Waals surface area contributed by atoms with Crippen LogP contribution in [-0.2, 0) is 6.54 Å². The number of hydrogen-bond donors (Lipinski definition) is 3. The molecule has 0 saturated heterocycles. The summed E-state index contributed by atoms with van der Waals surface area (Å²) in [6, 6.07) is 4.88. The summed E-state index contributed by atoms with van der Waals surface area (Å²) in [4.78, 5) is 15.1. The normalized spacial score (nSPS) is 10.4. The van der Waals surface area contributed by atoms with Crippen LogP contribution in [0.15, 0.2) is 36.9 Å². The first-order valence-electron chi connectivity index (χ1n) is 6.50. The number of carboxylic acids is 1. The van der Waals surface area contributed by atoms with Gasteiger partial charge in [0, 0.05) is 25.5 Å². The molecular formula is C14H18N4O2. The van der Waals surface area contributed by atoms with Crippen molar-refractivity contribution in [3.05, 3.63) is 42.5 Å². The Kier molecular flexibility index (Phi) is 4.60. The zero-order chi connectivity index (χ0) is 14.4. The second kappa shape index (κ2) is 6.60.